The quantitative estimate of drug-likeness (QED) is 0.686. The third-order valence-electron chi connectivity index (χ3n) is 2.85. The van der Waals surface area contributed by atoms with E-state index in [1.807, 2.05) is 12.1 Å². The van der Waals surface area contributed by atoms with Crippen molar-refractivity contribution in [3.8, 4) is 0 Å². The van der Waals surface area contributed by atoms with Crippen LogP contribution < -0.4 is 0 Å². The van der Waals surface area contributed by atoms with E-state index < -0.39 is 0 Å². The lowest BCUT2D eigenvalue weighted by atomic mass is 10.1. The van der Waals surface area contributed by atoms with Crippen molar-refractivity contribution in [3.63, 3.8) is 0 Å². The first-order chi connectivity index (χ1) is 8.15. The fourth-order valence-corrected chi connectivity index (χ4v) is 2.56. The Balaban J connectivity index is 2.42. The molecule has 0 fully saturated rings. The molecule has 1 atom stereocenters. The normalized spacial score (nSPS) is 13.0. The Bertz CT molecular complexity index is 313. The summed E-state index contributed by atoms with van der Waals surface area (Å²) in [6, 6.07) is 6.76. The highest BCUT2D eigenvalue weighted by Crippen LogP contribution is 2.13. The maximum atomic E-state index is 12.8. The van der Waals surface area contributed by atoms with Crippen molar-refractivity contribution >= 4 is 15.9 Å². The molecule has 0 amide bonds. The van der Waals surface area contributed by atoms with Crippen LogP contribution in [0.25, 0.3) is 0 Å². The minimum atomic E-state index is -0.166. The Labute approximate surface area is 112 Å². The molecule has 0 N–H and O–H groups in total. The topological polar surface area (TPSA) is 3.24 Å². The van der Waals surface area contributed by atoms with Crippen LogP contribution in [0.2, 0.25) is 0 Å². The molecule has 96 valence electrons. The number of nitrogens with zero attached hydrogens (tertiary/aromatic N) is 1. The molecule has 0 heterocycles. The summed E-state index contributed by atoms with van der Waals surface area (Å²) in [6.07, 6.45) is 2.47. The lowest BCUT2D eigenvalue weighted by Crippen LogP contribution is -2.26. The molecule has 0 spiro atoms. The highest BCUT2D eigenvalue weighted by molar-refractivity contribution is 9.09. The summed E-state index contributed by atoms with van der Waals surface area (Å²) < 4.78 is 12.8. The zero-order valence-corrected chi connectivity index (χ0v) is 12.2. The average molecular weight is 302 g/mol. The van der Waals surface area contributed by atoms with Crippen molar-refractivity contribution in [2.24, 2.45) is 5.92 Å². The molecule has 1 nitrogen and oxygen atoms in total. The standard InChI is InChI=1S/C14H21BrFN/c1-3-4-13(9-15)11-17(2)10-12-5-7-14(16)8-6-12/h5-8,13H,3-4,9-11H2,1-2H3. The van der Waals surface area contributed by atoms with Crippen LogP contribution in [0.15, 0.2) is 24.3 Å². The monoisotopic (exact) mass is 301 g/mol. The van der Waals surface area contributed by atoms with Gasteiger partial charge in [0.2, 0.25) is 0 Å². The third kappa shape index (κ3) is 5.64. The van der Waals surface area contributed by atoms with Crippen molar-refractivity contribution in [1.82, 2.24) is 4.90 Å². The van der Waals surface area contributed by atoms with E-state index >= 15 is 0 Å². The van der Waals surface area contributed by atoms with Gasteiger partial charge >= 0.3 is 0 Å². The van der Waals surface area contributed by atoms with Crippen molar-refractivity contribution in [3.05, 3.63) is 35.6 Å². The third-order valence-corrected chi connectivity index (χ3v) is 3.77. The zero-order chi connectivity index (χ0) is 12.7. The van der Waals surface area contributed by atoms with Crippen LogP contribution in [0.1, 0.15) is 25.3 Å². The van der Waals surface area contributed by atoms with Gasteiger partial charge in [-0.2, -0.15) is 0 Å². The van der Waals surface area contributed by atoms with Gasteiger partial charge in [-0.05, 0) is 37.1 Å². The van der Waals surface area contributed by atoms with Gasteiger partial charge in [0, 0.05) is 18.4 Å². The lowest BCUT2D eigenvalue weighted by molar-refractivity contribution is 0.273. The van der Waals surface area contributed by atoms with Crippen LogP contribution in [0.4, 0.5) is 4.39 Å². The van der Waals surface area contributed by atoms with Gasteiger partial charge in [-0.25, -0.2) is 4.39 Å². The maximum Gasteiger partial charge on any atom is 0.123 e. The molecule has 0 bridgehead atoms. The number of hydrogen-bond acceptors (Lipinski definition) is 1. The Morgan fingerprint density at radius 1 is 1.29 bits per heavy atom. The second kappa shape index (κ2) is 7.83. The molecule has 1 rings (SSSR count). The Morgan fingerprint density at radius 3 is 2.47 bits per heavy atom. The van der Waals surface area contributed by atoms with Crippen molar-refractivity contribution in [2.75, 3.05) is 18.9 Å². The predicted molar refractivity (Wildman–Crippen MR) is 74.9 cm³/mol. The van der Waals surface area contributed by atoms with Gasteiger partial charge in [0.25, 0.3) is 0 Å². The first kappa shape index (κ1) is 14.7. The number of hydrogen-bond donors (Lipinski definition) is 0. The number of alkyl halides is 1. The molecule has 0 aromatic heterocycles. The van der Waals surface area contributed by atoms with E-state index in [-0.39, 0.29) is 5.82 Å². The van der Waals surface area contributed by atoms with Gasteiger partial charge in [-0.15, -0.1) is 0 Å². The van der Waals surface area contributed by atoms with Gasteiger partial charge < -0.3 is 4.90 Å². The summed E-state index contributed by atoms with van der Waals surface area (Å²) in [5.41, 5.74) is 1.17. The van der Waals surface area contributed by atoms with Crippen LogP contribution in [-0.4, -0.2) is 23.8 Å². The lowest BCUT2D eigenvalue weighted by Gasteiger charge is -2.22. The molecule has 1 unspecified atom stereocenters. The second-order valence-electron chi connectivity index (χ2n) is 4.63. The number of halogens is 2. The molecular weight excluding hydrogens is 281 g/mol. The summed E-state index contributed by atoms with van der Waals surface area (Å²) in [5.74, 6) is 0.533. The van der Waals surface area contributed by atoms with E-state index in [2.05, 4.69) is 34.8 Å². The molecule has 0 radical (unpaired) electrons. The molecule has 0 saturated carbocycles. The molecule has 0 aliphatic carbocycles. The summed E-state index contributed by atoms with van der Waals surface area (Å²) in [4.78, 5) is 2.30. The summed E-state index contributed by atoms with van der Waals surface area (Å²) in [7, 11) is 2.12. The molecule has 1 aromatic rings. The average Bonchev–Trinajstić information content (AvgIpc) is 2.31. The molecule has 1 aromatic carbocycles. The van der Waals surface area contributed by atoms with Crippen LogP contribution >= 0.6 is 15.9 Å². The number of benzene rings is 1. The molecular formula is C14H21BrFN. The van der Waals surface area contributed by atoms with Crippen molar-refractivity contribution < 1.29 is 4.39 Å². The summed E-state index contributed by atoms with van der Waals surface area (Å²) in [5, 5.41) is 1.05. The molecule has 17 heavy (non-hydrogen) atoms. The Kier molecular flexibility index (Phi) is 6.75. The van der Waals surface area contributed by atoms with Gasteiger partial charge in [0.05, 0.1) is 0 Å². The Hall–Kier alpha value is -0.410. The fraction of sp³-hybridized carbons (Fsp3) is 0.571. The van der Waals surface area contributed by atoms with Crippen LogP contribution in [-0.2, 0) is 6.54 Å². The van der Waals surface area contributed by atoms with Gasteiger partial charge in [0.1, 0.15) is 5.82 Å². The minimum absolute atomic E-state index is 0.166. The second-order valence-corrected chi connectivity index (χ2v) is 5.28. The minimum Gasteiger partial charge on any atom is -0.302 e. The maximum absolute atomic E-state index is 12.8. The van der Waals surface area contributed by atoms with E-state index in [1.54, 1.807) is 0 Å². The van der Waals surface area contributed by atoms with E-state index in [0.717, 1.165) is 18.4 Å². The van der Waals surface area contributed by atoms with Crippen LogP contribution in [0.5, 0.6) is 0 Å². The van der Waals surface area contributed by atoms with Gasteiger partial charge in [0.15, 0.2) is 0 Å². The van der Waals surface area contributed by atoms with Crippen molar-refractivity contribution in [1.29, 1.82) is 0 Å². The largest absolute Gasteiger partial charge is 0.302 e. The van der Waals surface area contributed by atoms with E-state index in [1.165, 1.54) is 30.5 Å². The molecule has 0 aliphatic heterocycles. The first-order valence-electron chi connectivity index (χ1n) is 6.14. The smallest absolute Gasteiger partial charge is 0.123 e. The first-order valence-corrected chi connectivity index (χ1v) is 7.26. The molecule has 3 heteroatoms. The van der Waals surface area contributed by atoms with Crippen LogP contribution in [0, 0.1) is 11.7 Å². The van der Waals surface area contributed by atoms with E-state index in [0.29, 0.717) is 5.92 Å². The van der Waals surface area contributed by atoms with Crippen LogP contribution in [0.3, 0.4) is 0 Å². The number of rotatable bonds is 7. The fourth-order valence-electron chi connectivity index (χ4n) is 2.03. The summed E-state index contributed by atoms with van der Waals surface area (Å²) in [6.45, 7) is 4.18. The summed E-state index contributed by atoms with van der Waals surface area (Å²) >= 11 is 3.56. The zero-order valence-electron chi connectivity index (χ0n) is 10.6. The highest BCUT2D eigenvalue weighted by atomic mass is 79.9. The molecule has 0 aliphatic rings. The van der Waals surface area contributed by atoms with E-state index in [9.17, 15) is 4.39 Å². The highest BCUT2D eigenvalue weighted by Gasteiger charge is 2.09. The van der Waals surface area contributed by atoms with Gasteiger partial charge in [-0.3, -0.25) is 0 Å². The predicted octanol–water partition coefficient (Wildman–Crippen LogP) is 4.07. The SMILES string of the molecule is CCCC(CBr)CN(C)Cc1ccc(F)cc1. The Morgan fingerprint density at radius 2 is 1.94 bits per heavy atom. The molecule has 0 saturated heterocycles. The van der Waals surface area contributed by atoms with Crippen molar-refractivity contribution in [2.45, 2.75) is 26.3 Å². The van der Waals surface area contributed by atoms with E-state index in [4.69, 9.17) is 0 Å². The van der Waals surface area contributed by atoms with Gasteiger partial charge in [-0.1, -0.05) is 41.4 Å².